The van der Waals surface area contributed by atoms with Gasteiger partial charge in [-0.1, -0.05) is 30.3 Å². The van der Waals surface area contributed by atoms with Gasteiger partial charge in [-0.05, 0) is 42.7 Å². The van der Waals surface area contributed by atoms with E-state index in [4.69, 9.17) is 0 Å². The van der Waals surface area contributed by atoms with Gasteiger partial charge in [0.15, 0.2) is 0 Å². The Hall–Kier alpha value is -3.35. The molecule has 2 aromatic rings. The molecular formula is C21H21N3O4. The fourth-order valence-corrected chi connectivity index (χ4v) is 3.95. The largest absolute Gasteiger partial charge is 0.508 e. The highest BCUT2D eigenvalue weighted by Gasteiger charge is 2.54. The second kappa shape index (κ2) is 6.99. The second-order valence-corrected chi connectivity index (χ2v) is 7.20. The number of benzene rings is 2. The SMILES string of the molecule is O=C(c1ccc(O)cc1)N1CCC2(CC1)C(=O)NC(=O)N2Cc1ccccc1. The number of amides is 4. The van der Waals surface area contributed by atoms with E-state index in [9.17, 15) is 19.5 Å². The first-order valence-corrected chi connectivity index (χ1v) is 9.25. The maximum Gasteiger partial charge on any atom is 0.325 e. The van der Waals surface area contributed by atoms with E-state index in [0.717, 1.165) is 5.56 Å². The van der Waals surface area contributed by atoms with Crippen molar-refractivity contribution >= 4 is 17.8 Å². The summed E-state index contributed by atoms with van der Waals surface area (Å²) in [7, 11) is 0. The van der Waals surface area contributed by atoms with Gasteiger partial charge in [-0.15, -0.1) is 0 Å². The first kappa shape index (κ1) is 18.0. The van der Waals surface area contributed by atoms with E-state index in [-0.39, 0.29) is 23.6 Å². The highest BCUT2D eigenvalue weighted by Crippen LogP contribution is 2.35. The highest BCUT2D eigenvalue weighted by atomic mass is 16.3. The van der Waals surface area contributed by atoms with E-state index in [1.54, 1.807) is 21.9 Å². The minimum Gasteiger partial charge on any atom is -0.508 e. The molecule has 2 heterocycles. The fraction of sp³-hybridized carbons (Fsp3) is 0.286. The van der Waals surface area contributed by atoms with Gasteiger partial charge < -0.3 is 14.9 Å². The Morgan fingerprint density at radius 3 is 2.29 bits per heavy atom. The standard InChI is InChI=1S/C21H21N3O4/c25-17-8-6-16(7-9-17)18(26)23-12-10-21(11-13-23)19(27)22-20(28)24(21)14-15-4-2-1-3-5-15/h1-9,25H,10-14H2,(H,22,27,28). The van der Waals surface area contributed by atoms with Crippen molar-refractivity contribution in [2.24, 2.45) is 0 Å². The van der Waals surface area contributed by atoms with Gasteiger partial charge in [0.2, 0.25) is 0 Å². The van der Waals surface area contributed by atoms with Gasteiger partial charge in [-0.2, -0.15) is 0 Å². The number of nitrogens with one attached hydrogen (secondary N) is 1. The molecule has 2 N–H and O–H groups in total. The summed E-state index contributed by atoms with van der Waals surface area (Å²) in [5.74, 6) is -0.328. The maximum absolute atomic E-state index is 12.7. The number of carbonyl (C=O) groups is 3. The molecule has 4 rings (SSSR count). The summed E-state index contributed by atoms with van der Waals surface area (Å²) < 4.78 is 0. The van der Waals surface area contributed by atoms with Crippen LogP contribution in [0.3, 0.4) is 0 Å². The van der Waals surface area contributed by atoms with E-state index in [0.29, 0.717) is 38.0 Å². The number of imide groups is 1. The molecule has 28 heavy (non-hydrogen) atoms. The van der Waals surface area contributed by atoms with Crippen molar-refractivity contribution in [1.29, 1.82) is 0 Å². The first-order chi connectivity index (χ1) is 13.5. The van der Waals surface area contributed by atoms with Gasteiger partial charge in [0.25, 0.3) is 11.8 Å². The van der Waals surface area contributed by atoms with Crippen LogP contribution < -0.4 is 5.32 Å². The Morgan fingerprint density at radius 1 is 1.00 bits per heavy atom. The summed E-state index contributed by atoms with van der Waals surface area (Å²) in [5.41, 5.74) is 0.523. The Labute approximate surface area is 162 Å². The molecule has 144 valence electrons. The Kier molecular flexibility index (Phi) is 4.50. The molecule has 0 radical (unpaired) electrons. The lowest BCUT2D eigenvalue weighted by Gasteiger charge is -2.42. The first-order valence-electron chi connectivity index (χ1n) is 9.25. The van der Waals surface area contributed by atoms with Crippen molar-refractivity contribution in [2.75, 3.05) is 13.1 Å². The lowest BCUT2D eigenvalue weighted by atomic mass is 9.85. The molecule has 1 spiro atoms. The molecule has 0 aromatic heterocycles. The molecular weight excluding hydrogens is 358 g/mol. The van der Waals surface area contributed by atoms with Crippen LogP contribution in [-0.4, -0.2) is 51.4 Å². The minimum atomic E-state index is -0.918. The van der Waals surface area contributed by atoms with Crippen LogP contribution in [0.15, 0.2) is 54.6 Å². The predicted molar refractivity (Wildman–Crippen MR) is 101 cm³/mol. The third-order valence-corrected chi connectivity index (χ3v) is 5.58. The molecule has 2 aliphatic rings. The number of nitrogens with zero attached hydrogens (tertiary/aromatic N) is 2. The van der Waals surface area contributed by atoms with Crippen LogP contribution in [0.1, 0.15) is 28.8 Å². The normalized spacial score (nSPS) is 18.4. The lowest BCUT2D eigenvalue weighted by molar-refractivity contribution is -0.129. The van der Waals surface area contributed by atoms with E-state index >= 15 is 0 Å². The third-order valence-electron chi connectivity index (χ3n) is 5.58. The number of carbonyl (C=O) groups excluding carboxylic acids is 3. The Morgan fingerprint density at radius 2 is 1.64 bits per heavy atom. The number of aromatic hydroxyl groups is 1. The molecule has 7 heteroatoms. The molecule has 2 aromatic carbocycles. The predicted octanol–water partition coefficient (Wildman–Crippen LogP) is 2.12. The summed E-state index contributed by atoms with van der Waals surface area (Å²) in [6, 6.07) is 15.3. The molecule has 0 saturated carbocycles. The number of phenols is 1. The molecule has 0 atom stereocenters. The number of likely N-dealkylation sites (tertiary alicyclic amines) is 1. The maximum atomic E-state index is 12.7. The number of urea groups is 1. The van der Waals surface area contributed by atoms with Gasteiger partial charge >= 0.3 is 6.03 Å². The summed E-state index contributed by atoms with van der Waals surface area (Å²) in [5, 5.41) is 11.8. The quantitative estimate of drug-likeness (QED) is 0.800. The van der Waals surface area contributed by atoms with Crippen LogP contribution in [0.5, 0.6) is 5.75 Å². The van der Waals surface area contributed by atoms with Crippen LogP contribution in [0.4, 0.5) is 4.79 Å². The van der Waals surface area contributed by atoms with E-state index < -0.39 is 5.54 Å². The van der Waals surface area contributed by atoms with Crippen LogP contribution in [0.2, 0.25) is 0 Å². The van der Waals surface area contributed by atoms with Crippen LogP contribution in [0.25, 0.3) is 0 Å². The summed E-state index contributed by atoms with van der Waals surface area (Å²) in [6.45, 7) is 1.11. The molecule has 0 bridgehead atoms. The van der Waals surface area contributed by atoms with Crippen molar-refractivity contribution < 1.29 is 19.5 Å². The zero-order valence-electron chi connectivity index (χ0n) is 15.3. The van der Waals surface area contributed by atoms with Crippen LogP contribution >= 0.6 is 0 Å². The van der Waals surface area contributed by atoms with Crippen molar-refractivity contribution in [3.05, 3.63) is 65.7 Å². The minimum absolute atomic E-state index is 0.104. The monoisotopic (exact) mass is 379 g/mol. The summed E-state index contributed by atoms with van der Waals surface area (Å²) in [4.78, 5) is 41.1. The number of piperidine rings is 1. The zero-order valence-corrected chi connectivity index (χ0v) is 15.3. The van der Waals surface area contributed by atoms with Gasteiger partial charge in [0.1, 0.15) is 11.3 Å². The molecule has 7 nitrogen and oxygen atoms in total. The Bertz CT molecular complexity index is 903. The smallest absolute Gasteiger partial charge is 0.325 e. The molecule has 0 unspecified atom stereocenters. The molecule has 2 aliphatic heterocycles. The zero-order chi connectivity index (χ0) is 19.7. The van der Waals surface area contributed by atoms with E-state index in [1.807, 2.05) is 30.3 Å². The van der Waals surface area contributed by atoms with Gasteiger partial charge in [0, 0.05) is 25.2 Å². The number of hydrogen-bond donors (Lipinski definition) is 2. The lowest BCUT2D eigenvalue weighted by Crippen LogP contribution is -2.57. The van der Waals surface area contributed by atoms with Crippen LogP contribution in [0, 0.1) is 0 Å². The molecule has 2 fully saturated rings. The van der Waals surface area contributed by atoms with Crippen molar-refractivity contribution in [2.45, 2.75) is 24.9 Å². The average Bonchev–Trinajstić information content (AvgIpc) is 2.93. The number of rotatable bonds is 3. The van der Waals surface area contributed by atoms with E-state index in [1.165, 1.54) is 12.1 Å². The van der Waals surface area contributed by atoms with Crippen LogP contribution in [-0.2, 0) is 11.3 Å². The Balaban J connectivity index is 1.50. The van der Waals surface area contributed by atoms with Crippen molar-refractivity contribution in [1.82, 2.24) is 15.1 Å². The highest BCUT2D eigenvalue weighted by molar-refractivity contribution is 6.07. The second-order valence-electron chi connectivity index (χ2n) is 7.20. The molecule has 2 saturated heterocycles. The average molecular weight is 379 g/mol. The van der Waals surface area contributed by atoms with Gasteiger partial charge in [-0.3, -0.25) is 14.9 Å². The fourth-order valence-electron chi connectivity index (χ4n) is 3.95. The van der Waals surface area contributed by atoms with Crippen molar-refractivity contribution in [3.8, 4) is 5.75 Å². The number of phenolic OH excluding ortho intramolecular Hbond substituents is 1. The van der Waals surface area contributed by atoms with Crippen molar-refractivity contribution in [3.63, 3.8) is 0 Å². The molecule has 0 aliphatic carbocycles. The molecule has 4 amide bonds. The topological polar surface area (TPSA) is 90.0 Å². The summed E-state index contributed by atoms with van der Waals surface area (Å²) in [6.07, 6.45) is 0.780. The third kappa shape index (κ3) is 3.09. The van der Waals surface area contributed by atoms with Gasteiger partial charge in [-0.25, -0.2) is 4.79 Å². The number of hydrogen-bond acceptors (Lipinski definition) is 4. The van der Waals surface area contributed by atoms with E-state index in [2.05, 4.69) is 5.32 Å². The summed E-state index contributed by atoms with van der Waals surface area (Å²) >= 11 is 0. The van der Waals surface area contributed by atoms with Gasteiger partial charge in [0.05, 0.1) is 0 Å².